The van der Waals surface area contributed by atoms with E-state index in [1.54, 1.807) is 6.26 Å². The van der Waals surface area contributed by atoms with Crippen LogP contribution in [0.3, 0.4) is 0 Å². The Morgan fingerprint density at radius 1 is 1.32 bits per heavy atom. The number of nitrogens with zero attached hydrogens (tertiary/aromatic N) is 1. The second-order valence-electron chi connectivity index (χ2n) is 6.03. The summed E-state index contributed by atoms with van der Waals surface area (Å²) in [5.74, 6) is 0.539. The summed E-state index contributed by atoms with van der Waals surface area (Å²) in [6.45, 7) is 13.0. The van der Waals surface area contributed by atoms with Crippen molar-refractivity contribution in [2.75, 3.05) is 19.8 Å². The second-order valence-corrected chi connectivity index (χ2v) is 6.03. The summed E-state index contributed by atoms with van der Waals surface area (Å²) >= 11 is 0. The third kappa shape index (κ3) is 7.85. The number of hydrogen-bond acceptors (Lipinski definition) is 5. The summed E-state index contributed by atoms with van der Waals surface area (Å²) < 4.78 is 16.0. The molecule has 0 fully saturated rings. The average molecular weight is 270 g/mol. The summed E-state index contributed by atoms with van der Waals surface area (Å²) in [6, 6.07) is 0. The lowest BCUT2D eigenvalue weighted by molar-refractivity contribution is 0.0724. The van der Waals surface area contributed by atoms with Crippen molar-refractivity contribution >= 4 is 0 Å². The molecule has 1 heterocycles. The van der Waals surface area contributed by atoms with Gasteiger partial charge in [0.2, 0.25) is 0 Å². The number of hydrogen-bond donors (Lipinski definition) is 1. The van der Waals surface area contributed by atoms with Crippen LogP contribution in [0.5, 0.6) is 6.08 Å². The van der Waals surface area contributed by atoms with Crippen LogP contribution < -0.4 is 10.1 Å². The van der Waals surface area contributed by atoms with Gasteiger partial charge in [0, 0.05) is 18.7 Å². The average Bonchev–Trinajstić information content (AvgIpc) is 2.72. The third-order valence-electron chi connectivity index (χ3n) is 2.23. The first-order valence-electron chi connectivity index (χ1n) is 6.77. The van der Waals surface area contributed by atoms with Crippen molar-refractivity contribution < 1.29 is 13.9 Å². The maximum absolute atomic E-state index is 5.41. The van der Waals surface area contributed by atoms with Gasteiger partial charge in [-0.2, -0.15) is 4.98 Å². The minimum Gasteiger partial charge on any atom is -0.448 e. The Bertz CT molecular complexity index is 356. The summed E-state index contributed by atoms with van der Waals surface area (Å²) in [5.41, 5.74) is 0.901. The summed E-state index contributed by atoms with van der Waals surface area (Å²) in [6.07, 6.45) is 1.92. The number of oxazole rings is 1. The van der Waals surface area contributed by atoms with E-state index in [0.717, 1.165) is 12.3 Å². The monoisotopic (exact) mass is 270 g/mol. The van der Waals surface area contributed by atoms with Crippen LogP contribution in [-0.2, 0) is 11.3 Å². The number of aromatic nitrogens is 1. The number of nitrogens with one attached hydrogen (secondary N) is 1. The predicted molar refractivity (Wildman–Crippen MR) is 74.2 cm³/mol. The fourth-order valence-electron chi connectivity index (χ4n) is 1.30. The van der Waals surface area contributed by atoms with Crippen LogP contribution in [0.2, 0.25) is 0 Å². The van der Waals surface area contributed by atoms with Gasteiger partial charge in [0.15, 0.2) is 0 Å². The van der Waals surface area contributed by atoms with E-state index < -0.39 is 0 Å². The Morgan fingerprint density at radius 2 is 2.05 bits per heavy atom. The zero-order valence-electron chi connectivity index (χ0n) is 12.7. The molecular formula is C14H26N2O3. The summed E-state index contributed by atoms with van der Waals surface area (Å²) in [7, 11) is 0. The first-order chi connectivity index (χ1) is 8.87. The molecule has 1 aromatic heterocycles. The fraction of sp³-hybridized carbons (Fsp3) is 0.786. The highest BCUT2D eigenvalue weighted by Crippen LogP contribution is 2.11. The summed E-state index contributed by atoms with van der Waals surface area (Å²) in [4.78, 5) is 4.24. The highest BCUT2D eigenvalue weighted by atomic mass is 16.6. The van der Waals surface area contributed by atoms with Gasteiger partial charge in [0.1, 0.15) is 12.9 Å². The van der Waals surface area contributed by atoms with Crippen LogP contribution in [-0.4, -0.2) is 30.3 Å². The highest BCUT2D eigenvalue weighted by molar-refractivity contribution is 5.00. The van der Waals surface area contributed by atoms with Crippen molar-refractivity contribution in [3.63, 3.8) is 0 Å². The van der Waals surface area contributed by atoms with Gasteiger partial charge < -0.3 is 19.2 Å². The van der Waals surface area contributed by atoms with Crippen LogP contribution >= 0.6 is 0 Å². The molecule has 0 saturated heterocycles. The van der Waals surface area contributed by atoms with Gasteiger partial charge in [-0.3, -0.25) is 0 Å². The van der Waals surface area contributed by atoms with E-state index in [1.165, 1.54) is 0 Å². The molecule has 0 atom stereocenters. The van der Waals surface area contributed by atoms with Crippen LogP contribution in [0.1, 0.15) is 40.3 Å². The maximum Gasteiger partial charge on any atom is 0.393 e. The zero-order chi connectivity index (χ0) is 14.3. The van der Waals surface area contributed by atoms with Crippen molar-refractivity contribution in [3.05, 3.63) is 12.0 Å². The Morgan fingerprint density at radius 3 is 2.68 bits per heavy atom. The molecule has 1 N–H and O–H groups in total. The summed E-state index contributed by atoms with van der Waals surface area (Å²) in [5, 5.41) is 3.34. The van der Waals surface area contributed by atoms with Crippen molar-refractivity contribution in [2.24, 2.45) is 5.92 Å². The van der Waals surface area contributed by atoms with E-state index in [9.17, 15) is 0 Å². The van der Waals surface area contributed by atoms with Crippen LogP contribution in [0.25, 0.3) is 0 Å². The fourth-order valence-corrected chi connectivity index (χ4v) is 1.30. The Kier molecular flexibility index (Phi) is 6.31. The largest absolute Gasteiger partial charge is 0.448 e. The van der Waals surface area contributed by atoms with E-state index in [-0.39, 0.29) is 5.54 Å². The molecule has 0 aliphatic rings. The lowest BCUT2D eigenvalue weighted by Gasteiger charge is -2.19. The van der Waals surface area contributed by atoms with E-state index in [4.69, 9.17) is 13.9 Å². The first kappa shape index (κ1) is 16.0. The van der Waals surface area contributed by atoms with Crippen molar-refractivity contribution in [2.45, 2.75) is 46.7 Å². The molecule has 0 spiro atoms. The molecule has 0 bridgehead atoms. The van der Waals surface area contributed by atoms with Crippen molar-refractivity contribution in [3.8, 4) is 6.08 Å². The molecule has 110 valence electrons. The molecule has 0 radical (unpaired) electrons. The molecule has 0 aliphatic heterocycles. The van der Waals surface area contributed by atoms with Crippen LogP contribution in [0.4, 0.5) is 0 Å². The lowest BCUT2D eigenvalue weighted by atomic mass is 10.1. The van der Waals surface area contributed by atoms with E-state index in [0.29, 0.717) is 31.8 Å². The van der Waals surface area contributed by atoms with Gasteiger partial charge in [0.05, 0.1) is 12.3 Å². The minimum absolute atomic E-state index is 0.0602. The molecular weight excluding hydrogens is 244 g/mol. The van der Waals surface area contributed by atoms with Gasteiger partial charge in [0.25, 0.3) is 0 Å². The molecule has 0 amide bonds. The van der Waals surface area contributed by atoms with Gasteiger partial charge in [-0.15, -0.1) is 0 Å². The SMILES string of the molecule is CC(C)COCCOc1nc(CNC(C)(C)C)co1. The molecule has 1 rings (SSSR count). The number of rotatable bonds is 8. The zero-order valence-corrected chi connectivity index (χ0v) is 12.7. The smallest absolute Gasteiger partial charge is 0.393 e. The van der Waals surface area contributed by atoms with Gasteiger partial charge >= 0.3 is 6.08 Å². The number of ether oxygens (including phenoxy) is 2. The van der Waals surface area contributed by atoms with Gasteiger partial charge in [-0.05, 0) is 26.7 Å². The first-order valence-corrected chi connectivity index (χ1v) is 6.77. The molecule has 0 aliphatic carbocycles. The molecule has 1 aromatic rings. The predicted octanol–water partition coefficient (Wildman–Crippen LogP) is 2.61. The van der Waals surface area contributed by atoms with Gasteiger partial charge in [-0.25, -0.2) is 0 Å². The Balaban J connectivity index is 2.20. The molecule has 0 aromatic carbocycles. The van der Waals surface area contributed by atoms with Gasteiger partial charge in [-0.1, -0.05) is 13.8 Å². The third-order valence-corrected chi connectivity index (χ3v) is 2.23. The Hall–Kier alpha value is -1.07. The Labute approximate surface area is 115 Å². The molecule has 5 nitrogen and oxygen atoms in total. The minimum atomic E-state index is 0.0602. The quantitative estimate of drug-likeness (QED) is 0.736. The lowest BCUT2D eigenvalue weighted by Crippen LogP contribution is -2.35. The van der Waals surface area contributed by atoms with E-state index in [2.05, 4.69) is 44.9 Å². The van der Waals surface area contributed by atoms with Crippen molar-refractivity contribution in [1.29, 1.82) is 0 Å². The molecule has 0 saturated carbocycles. The highest BCUT2D eigenvalue weighted by Gasteiger charge is 2.11. The second kappa shape index (κ2) is 7.50. The molecule has 19 heavy (non-hydrogen) atoms. The molecule has 0 unspecified atom stereocenters. The maximum atomic E-state index is 5.41. The van der Waals surface area contributed by atoms with Crippen molar-refractivity contribution in [1.82, 2.24) is 10.3 Å². The van der Waals surface area contributed by atoms with Crippen LogP contribution in [0.15, 0.2) is 10.7 Å². The molecule has 5 heteroatoms. The van der Waals surface area contributed by atoms with Crippen LogP contribution in [0, 0.1) is 5.92 Å². The normalized spacial score (nSPS) is 12.1. The topological polar surface area (TPSA) is 56.5 Å². The van der Waals surface area contributed by atoms with E-state index >= 15 is 0 Å². The van der Waals surface area contributed by atoms with E-state index in [1.807, 2.05) is 0 Å². The standard InChI is InChI=1S/C14H26N2O3/c1-11(2)9-17-6-7-18-13-16-12(10-19-13)8-15-14(3,4)5/h10-11,15H,6-9H2,1-5H3.